The van der Waals surface area contributed by atoms with Gasteiger partial charge in [0.1, 0.15) is 11.8 Å². The highest BCUT2D eigenvalue weighted by atomic mass is 16.2. The van der Waals surface area contributed by atoms with Gasteiger partial charge in [0, 0.05) is 31.1 Å². The number of nitrogens with zero attached hydrogens (tertiary/aromatic N) is 6. The van der Waals surface area contributed by atoms with Crippen LogP contribution in [0.15, 0.2) is 43.2 Å². The van der Waals surface area contributed by atoms with Crippen LogP contribution in [-0.4, -0.2) is 54.6 Å². The van der Waals surface area contributed by atoms with Gasteiger partial charge in [-0.05, 0) is 12.1 Å². The summed E-state index contributed by atoms with van der Waals surface area (Å²) < 4.78 is 0. The van der Waals surface area contributed by atoms with Crippen molar-refractivity contribution in [1.82, 2.24) is 35.1 Å². The van der Waals surface area contributed by atoms with Gasteiger partial charge in [-0.3, -0.25) is 14.9 Å². The Balaban J connectivity index is 1.44. The topological polar surface area (TPSA) is 128 Å². The number of amides is 1. The van der Waals surface area contributed by atoms with Crippen molar-refractivity contribution in [3.05, 3.63) is 43.2 Å². The Hall–Kier alpha value is -3.82. The second-order valence-corrected chi connectivity index (χ2v) is 5.61. The van der Waals surface area contributed by atoms with E-state index in [2.05, 4.69) is 40.4 Å². The Bertz CT molecular complexity index is 1040. The highest BCUT2D eigenvalue weighted by Gasteiger charge is 2.14. The summed E-state index contributed by atoms with van der Waals surface area (Å²) >= 11 is 0. The van der Waals surface area contributed by atoms with Gasteiger partial charge in [-0.15, -0.1) is 0 Å². The summed E-state index contributed by atoms with van der Waals surface area (Å²) in [5, 5.41) is 9.75. The largest absolute Gasteiger partial charge is 0.348 e. The van der Waals surface area contributed by atoms with Crippen LogP contribution in [0.1, 0.15) is 0 Å². The second-order valence-electron chi connectivity index (χ2n) is 5.61. The lowest BCUT2D eigenvalue weighted by Crippen LogP contribution is -2.31. The number of imidazole rings is 1. The highest BCUT2D eigenvalue weighted by molar-refractivity contribution is 5.95. The minimum atomic E-state index is -0.219. The van der Waals surface area contributed by atoms with Crippen molar-refractivity contribution >= 4 is 28.7 Å². The van der Waals surface area contributed by atoms with Crippen LogP contribution in [0.3, 0.4) is 0 Å². The van der Waals surface area contributed by atoms with Crippen LogP contribution in [0.25, 0.3) is 22.4 Å². The third-order valence-electron chi connectivity index (χ3n) is 3.76. The van der Waals surface area contributed by atoms with E-state index in [-0.39, 0.29) is 12.5 Å². The average Bonchev–Trinajstić information content (AvgIpc) is 3.31. The zero-order valence-electron chi connectivity index (χ0n) is 13.8. The third-order valence-corrected chi connectivity index (χ3v) is 3.76. The molecule has 0 fully saturated rings. The smallest absolute Gasteiger partial charge is 0.245 e. The molecule has 0 atom stereocenters. The minimum absolute atomic E-state index is 0.0974. The first-order valence-electron chi connectivity index (χ1n) is 7.81. The Morgan fingerprint density at radius 2 is 2.23 bits per heavy atom. The lowest BCUT2D eigenvalue weighted by molar-refractivity contribution is -0.114. The van der Waals surface area contributed by atoms with Crippen LogP contribution in [0, 0.1) is 0 Å². The molecule has 0 unspecified atom stereocenters. The molecule has 4 rings (SSSR count). The Labute approximate surface area is 147 Å². The molecule has 1 amide bonds. The predicted molar refractivity (Wildman–Crippen MR) is 95.4 cm³/mol. The first kappa shape index (κ1) is 15.7. The van der Waals surface area contributed by atoms with E-state index in [0.29, 0.717) is 22.8 Å². The number of likely N-dealkylation sites (N-methyl/N-ethyl adjacent to an activating group) is 1. The van der Waals surface area contributed by atoms with Gasteiger partial charge in [-0.2, -0.15) is 5.10 Å². The molecule has 4 heterocycles. The van der Waals surface area contributed by atoms with Gasteiger partial charge >= 0.3 is 0 Å². The van der Waals surface area contributed by atoms with Crippen LogP contribution < -0.4 is 10.2 Å². The zero-order valence-corrected chi connectivity index (χ0v) is 13.8. The molecule has 0 aliphatic carbocycles. The van der Waals surface area contributed by atoms with Crippen LogP contribution in [0.4, 0.5) is 11.6 Å². The van der Waals surface area contributed by atoms with Crippen molar-refractivity contribution in [2.75, 3.05) is 23.8 Å². The first-order valence-corrected chi connectivity index (χ1v) is 7.81. The van der Waals surface area contributed by atoms with Crippen molar-refractivity contribution in [2.24, 2.45) is 0 Å². The molecule has 10 nitrogen and oxygen atoms in total. The summed E-state index contributed by atoms with van der Waals surface area (Å²) in [5.74, 6) is 0.820. The molecule has 10 heteroatoms. The molecule has 0 radical (unpaired) electrons. The fourth-order valence-electron chi connectivity index (χ4n) is 2.57. The number of anilines is 2. The quantitative estimate of drug-likeness (QED) is 0.494. The maximum absolute atomic E-state index is 12.3. The molecule has 130 valence electrons. The SMILES string of the molecule is CN(CC(=O)Nc1cc(-c2cccnc2)[nH]n1)c1ncnc2nc[nH]c12. The summed E-state index contributed by atoms with van der Waals surface area (Å²) in [5.41, 5.74) is 2.90. The number of fused-ring (bicyclic) bond motifs is 1. The summed E-state index contributed by atoms with van der Waals surface area (Å²) in [7, 11) is 1.77. The van der Waals surface area contributed by atoms with Gasteiger partial charge in [0.2, 0.25) is 5.91 Å². The maximum Gasteiger partial charge on any atom is 0.245 e. The lowest BCUT2D eigenvalue weighted by atomic mass is 10.2. The van der Waals surface area contributed by atoms with E-state index >= 15 is 0 Å². The second kappa shape index (κ2) is 6.59. The Morgan fingerprint density at radius 3 is 3.08 bits per heavy atom. The van der Waals surface area contributed by atoms with E-state index in [9.17, 15) is 4.79 Å². The van der Waals surface area contributed by atoms with Crippen molar-refractivity contribution in [3.8, 4) is 11.3 Å². The monoisotopic (exact) mass is 349 g/mol. The molecule has 0 saturated carbocycles. The number of hydrogen-bond acceptors (Lipinski definition) is 7. The number of aromatic nitrogens is 7. The van der Waals surface area contributed by atoms with Gasteiger partial charge in [-0.1, -0.05) is 0 Å². The average molecular weight is 349 g/mol. The molecule has 26 heavy (non-hydrogen) atoms. The molecule has 0 spiro atoms. The highest BCUT2D eigenvalue weighted by Crippen LogP contribution is 2.19. The number of aromatic amines is 2. The van der Waals surface area contributed by atoms with Gasteiger partial charge in [0.25, 0.3) is 0 Å². The van der Waals surface area contributed by atoms with Crippen LogP contribution in [0.5, 0.6) is 0 Å². The zero-order chi connectivity index (χ0) is 17.9. The molecular weight excluding hydrogens is 334 g/mol. The Morgan fingerprint density at radius 1 is 1.31 bits per heavy atom. The fraction of sp³-hybridized carbons (Fsp3) is 0.125. The predicted octanol–water partition coefficient (Wildman–Crippen LogP) is 1.21. The van der Waals surface area contributed by atoms with Crippen LogP contribution in [-0.2, 0) is 4.79 Å². The number of hydrogen-bond donors (Lipinski definition) is 3. The molecule has 0 aliphatic heterocycles. The van der Waals surface area contributed by atoms with E-state index in [4.69, 9.17) is 0 Å². The first-order chi connectivity index (χ1) is 12.7. The van der Waals surface area contributed by atoms with Crippen molar-refractivity contribution in [1.29, 1.82) is 0 Å². The minimum Gasteiger partial charge on any atom is -0.348 e. The number of rotatable bonds is 5. The van der Waals surface area contributed by atoms with E-state index in [0.717, 1.165) is 11.3 Å². The number of pyridine rings is 1. The summed E-state index contributed by atoms with van der Waals surface area (Å²) in [4.78, 5) is 33.5. The van der Waals surface area contributed by atoms with E-state index in [1.54, 1.807) is 36.7 Å². The third kappa shape index (κ3) is 3.07. The van der Waals surface area contributed by atoms with Gasteiger partial charge in [0.15, 0.2) is 17.3 Å². The number of nitrogens with one attached hydrogen (secondary N) is 3. The molecule has 0 bridgehead atoms. The number of H-pyrrole nitrogens is 2. The van der Waals surface area contributed by atoms with E-state index < -0.39 is 0 Å². The van der Waals surface area contributed by atoms with Crippen LogP contribution >= 0.6 is 0 Å². The Kier molecular flexibility index (Phi) is 3.98. The van der Waals surface area contributed by atoms with Gasteiger partial charge < -0.3 is 15.2 Å². The number of carbonyl (C=O) groups is 1. The molecule has 0 saturated heterocycles. The molecule has 4 aromatic heterocycles. The van der Waals surface area contributed by atoms with Crippen molar-refractivity contribution in [3.63, 3.8) is 0 Å². The van der Waals surface area contributed by atoms with Crippen molar-refractivity contribution < 1.29 is 4.79 Å². The summed E-state index contributed by atoms with van der Waals surface area (Å²) in [6.07, 6.45) is 6.38. The summed E-state index contributed by atoms with van der Waals surface area (Å²) in [6, 6.07) is 5.50. The molecule has 3 N–H and O–H groups in total. The molecule has 4 aromatic rings. The summed E-state index contributed by atoms with van der Waals surface area (Å²) in [6.45, 7) is 0.0974. The van der Waals surface area contributed by atoms with E-state index in [1.165, 1.54) is 6.33 Å². The fourth-order valence-corrected chi connectivity index (χ4v) is 2.57. The lowest BCUT2D eigenvalue weighted by Gasteiger charge is -2.17. The van der Waals surface area contributed by atoms with Crippen molar-refractivity contribution in [2.45, 2.75) is 0 Å². The van der Waals surface area contributed by atoms with Gasteiger partial charge in [-0.25, -0.2) is 15.0 Å². The molecular formula is C16H15N9O. The van der Waals surface area contributed by atoms with Gasteiger partial charge in [0.05, 0.1) is 18.6 Å². The molecule has 0 aromatic carbocycles. The normalized spacial score (nSPS) is 10.8. The maximum atomic E-state index is 12.3. The van der Waals surface area contributed by atoms with E-state index in [1.807, 2.05) is 12.1 Å². The van der Waals surface area contributed by atoms with Crippen LogP contribution in [0.2, 0.25) is 0 Å². The standard InChI is InChI=1S/C16H15N9O/c1-25(16-14-15(19-8-18-14)20-9-21-16)7-13(26)22-12-5-11(23-24-12)10-3-2-4-17-6-10/h2-6,8-9H,7H2,1H3,(H,18,19,20,21)(H2,22,23,24,26). The molecule has 0 aliphatic rings. The number of carbonyl (C=O) groups excluding carboxylic acids is 1.